The minimum atomic E-state index is -4.04. The van der Waals surface area contributed by atoms with Crippen LogP contribution in [-0.4, -0.2) is 34.0 Å². The van der Waals surface area contributed by atoms with Crippen molar-refractivity contribution in [3.63, 3.8) is 0 Å². The number of rotatable bonds is 7. The highest BCUT2D eigenvalue weighted by atomic mass is 35.5. The lowest BCUT2D eigenvalue weighted by Crippen LogP contribution is -2.46. The highest BCUT2D eigenvalue weighted by molar-refractivity contribution is 7.89. The molecule has 10 heteroatoms. The van der Waals surface area contributed by atoms with Crippen LogP contribution >= 0.6 is 11.6 Å². The van der Waals surface area contributed by atoms with Crippen LogP contribution in [0.3, 0.4) is 0 Å². The molecule has 1 aliphatic carbocycles. The van der Waals surface area contributed by atoms with Gasteiger partial charge in [0.05, 0.1) is 10.7 Å². The largest absolute Gasteiger partial charge is 0.513 e. The molecule has 1 N–H and O–H groups in total. The summed E-state index contributed by atoms with van der Waals surface area (Å²) in [5, 5.41) is 14.3. The van der Waals surface area contributed by atoms with Crippen LogP contribution in [0, 0.1) is 11.7 Å². The Balaban J connectivity index is 1.74. The average Bonchev–Trinajstić information content (AvgIpc) is 3.33. The first-order valence-electron chi connectivity index (χ1n) is 10.5. The van der Waals surface area contributed by atoms with E-state index >= 15 is 4.39 Å². The van der Waals surface area contributed by atoms with Gasteiger partial charge in [0.2, 0.25) is 22.2 Å². The third-order valence-corrected chi connectivity index (χ3v) is 8.08. The second-order valence-electron chi connectivity index (χ2n) is 8.01. The monoisotopic (exact) mass is 491 g/mol. The first-order valence-corrected chi connectivity index (χ1v) is 12.3. The zero-order valence-corrected chi connectivity index (χ0v) is 19.3. The summed E-state index contributed by atoms with van der Waals surface area (Å²) >= 11 is 5.94. The number of aromatic nitrogens is 2. The lowest BCUT2D eigenvalue weighted by Gasteiger charge is -2.38. The molecule has 1 saturated carbocycles. The molecular formula is C23H23ClFN3O4S. The third-order valence-electron chi connectivity index (χ3n) is 5.95. The van der Waals surface area contributed by atoms with Crippen molar-refractivity contribution in [3.05, 3.63) is 77.6 Å². The maximum atomic E-state index is 15.1. The van der Waals surface area contributed by atoms with E-state index in [2.05, 4.69) is 16.7 Å². The second-order valence-corrected chi connectivity index (χ2v) is 10.3. The highest BCUT2D eigenvalue weighted by Crippen LogP contribution is 2.36. The van der Waals surface area contributed by atoms with E-state index in [0.29, 0.717) is 23.4 Å². The van der Waals surface area contributed by atoms with Crippen molar-refractivity contribution in [3.8, 4) is 11.4 Å². The molecule has 2 atom stereocenters. The molecule has 0 aliphatic heterocycles. The van der Waals surface area contributed by atoms with E-state index in [4.69, 9.17) is 16.1 Å². The molecule has 3 aromatic rings. The van der Waals surface area contributed by atoms with E-state index < -0.39 is 27.8 Å². The number of benzene rings is 2. The molecule has 2 aromatic carbocycles. The number of hydrogen-bond donors (Lipinski definition) is 1. The number of halogens is 2. The highest BCUT2D eigenvalue weighted by Gasteiger charge is 2.39. The molecule has 0 bridgehead atoms. The Labute approximate surface area is 196 Å². The molecule has 1 aliphatic rings. The van der Waals surface area contributed by atoms with E-state index in [0.717, 1.165) is 19.2 Å². The van der Waals surface area contributed by atoms with Gasteiger partial charge in [0.1, 0.15) is 5.82 Å². The smallest absolute Gasteiger partial charge is 0.243 e. The molecule has 0 amide bonds. The zero-order chi connectivity index (χ0) is 23.6. The Morgan fingerprint density at radius 1 is 1.21 bits per heavy atom. The minimum Gasteiger partial charge on any atom is -0.513 e. The van der Waals surface area contributed by atoms with Gasteiger partial charge in [0.15, 0.2) is 0 Å². The van der Waals surface area contributed by atoms with Gasteiger partial charge in [-0.05, 0) is 43.2 Å². The maximum absolute atomic E-state index is 15.1. The predicted octanol–water partition coefficient (Wildman–Crippen LogP) is 5.35. The number of sulfonamides is 1. The molecule has 1 aromatic heterocycles. The fourth-order valence-corrected chi connectivity index (χ4v) is 6.04. The van der Waals surface area contributed by atoms with Gasteiger partial charge >= 0.3 is 0 Å². The first kappa shape index (κ1) is 23.4. The van der Waals surface area contributed by atoms with Crippen molar-refractivity contribution < 1.29 is 22.4 Å². The second kappa shape index (κ2) is 9.62. The minimum absolute atomic E-state index is 0.0450. The van der Waals surface area contributed by atoms with Crippen LogP contribution in [0.1, 0.15) is 31.2 Å². The molecule has 0 spiro atoms. The van der Waals surface area contributed by atoms with Gasteiger partial charge in [-0.15, -0.1) is 0 Å². The summed E-state index contributed by atoms with van der Waals surface area (Å²) in [7, 11) is -4.04. The fourth-order valence-electron chi connectivity index (χ4n) is 4.25. The number of nitrogens with zero attached hydrogens (tertiary/aromatic N) is 3. The van der Waals surface area contributed by atoms with Crippen LogP contribution in [0.15, 0.2) is 70.6 Å². The van der Waals surface area contributed by atoms with Crippen LogP contribution in [0.5, 0.6) is 0 Å². The maximum Gasteiger partial charge on any atom is 0.243 e. The van der Waals surface area contributed by atoms with Crippen molar-refractivity contribution >= 4 is 21.6 Å². The standard InChI is InChI=1S/C23H23ClFN3O4S/c1-15(29)20-4-2-3-5-22(20)28(33(30,31)19-10-8-18(24)9-11-19)13-17-7-6-16(12-21(17)25)23-26-14-32-27-23/h6-12,14,20,22,29H,1-5,13H2/t20-,22+/m0/s1. The van der Waals surface area contributed by atoms with Gasteiger partial charge in [-0.3, -0.25) is 0 Å². The van der Waals surface area contributed by atoms with E-state index in [9.17, 15) is 13.5 Å². The normalized spacial score (nSPS) is 19.0. The fraction of sp³-hybridized carbons (Fsp3) is 0.304. The SMILES string of the molecule is C=C(O)[C@@H]1CCCC[C@H]1N(Cc1ccc(-c2ncon2)cc1F)S(=O)(=O)c1ccc(Cl)cc1. The molecule has 0 saturated heterocycles. The van der Waals surface area contributed by atoms with Gasteiger partial charge in [0.25, 0.3) is 0 Å². The average molecular weight is 492 g/mol. The molecule has 1 fully saturated rings. The van der Waals surface area contributed by atoms with Gasteiger partial charge < -0.3 is 9.63 Å². The molecule has 33 heavy (non-hydrogen) atoms. The Kier molecular flexibility index (Phi) is 6.83. The summed E-state index contributed by atoms with van der Waals surface area (Å²) in [4.78, 5) is 3.95. The Morgan fingerprint density at radius 2 is 1.94 bits per heavy atom. The molecule has 0 unspecified atom stereocenters. The summed E-state index contributed by atoms with van der Waals surface area (Å²) in [5.41, 5.74) is 0.601. The first-order chi connectivity index (χ1) is 15.8. The van der Waals surface area contributed by atoms with Gasteiger partial charge in [-0.1, -0.05) is 48.3 Å². The van der Waals surface area contributed by atoms with Gasteiger partial charge in [-0.2, -0.15) is 9.29 Å². The van der Waals surface area contributed by atoms with E-state index in [1.165, 1.54) is 40.7 Å². The molecular weight excluding hydrogens is 469 g/mol. The zero-order valence-electron chi connectivity index (χ0n) is 17.7. The van der Waals surface area contributed by atoms with Crippen molar-refractivity contribution in [2.75, 3.05) is 0 Å². The lowest BCUT2D eigenvalue weighted by molar-refractivity contribution is 0.157. The molecule has 4 rings (SSSR count). The van der Waals surface area contributed by atoms with Crippen LogP contribution in [0.4, 0.5) is 4.39 Å². The van der Waals surface area contributed by atoms with Crippen molar-refractivity contribution in [2.45, 2.75) is 43.2 Å². The number of aliphatic hydroxyl groups is 1. The quantitative estimate of drug-likeness (QED) is 0.447. The Bertz CT molecular complexity index is 1230. The van der Waals surface area contributed by atoms with Crippen LogP contribution < -0.4 is 0 Å². The summed E-state index contributed by atoms with van der Waals surface area (Å²) in [5.74, 6) is -0.870. The summed E-state index contributed by atoms with van der Waals surface area (Å²) in [6.07, 6.45) is 3.92. The number of aliphatic hydroxyl groups excluding tert-OH is 1. The topological polar surface area (TPSA) is 96.5 Å². The third kappa shape index (κ3) is 4.95. The molecule has 0 radical (unpaired) electrons. The number of hydrogen-bond acceptors (Lipinski definition) is 6. The van der Waals surface area contributed by atoms with E-state index in [1.54, 1.807) is 6.07 Å². The van der Waals surface area contributed by atoms with Crippen molar-refractivity contribution in [1.82, 2.24) is 14.4 Å². The van der Waals surface area contributed by atoms with Crippen LogP contribution in [0.25, 0.3) is 11.4 Å². The lowest BCUT2D eigenvalue weighted by atomic mass is 9.83. The molecule has 7 nitrogen and oxygen atoms in total. The molecule has 1 heterocycles. The van der Waals surface area contributed by atoms with Crippen LogP contribution in [-0.2, 0) is 16.6 Å². The van der Waals surface area contributed by atoms with Crippen molar-refractivity contribution in [2.24, 2.45) is 5.92 Å². The van der Waals surface area contributed by atoms with Gasteiger partial charge in [-0.25, -0.2) is 12.8 Å². The summed E-state index contributed by atoms with van der Waals surface area (Å²) < 4.78 is 48.4. The summed E-state index contributed by atoms with van der Waals surface area (Å²) in [6.45, 7) is 3.45. The van der Waals surface area contributed by atoms with E-state index in [1.807, 2.05) is 0 Å². The van der Waals surface area contributed by atoms with E-state index in [-0.39, 0.29) is 28.6 Å². The Hall–Kier alpha value is -2.75. The van der Waals surface area contributed by atoms with Crippen LogP contribution in [0.2, 0.25) is 5.02 Å². The summed E-state index contributed by atoms with van der Waals surface area (Å²) in [6, 6.07) is 9.64. The Morgan fingerprint density at radius 3 is 2.58 bits per heavy atom. The predicted molar refractivity (Wildman–Crippen MR) is 121 cm³/mol. The van der Waals surface area contributed by atoms with Gasteiger partial charge in [0, 0.05) is 34.7 Å². The van der Waals surface area contributed by atoms with Crippen molar-refractivity contribution in [1.29, 1.82) is 0 Å². The molecule has 174 valence electrons.